The summed E-state index contributed by atoms with van der Waals surface area (Å²) in [7, 11) is 1.65. The number of hydrogen-bond donors (Lipinski definition) is 0. The maximum absolute atomic E-state index is 5.52. The van der Waals surface area contributed by atoms with Crippen molar-refractivity contribution in [2.75, 3.05) is 7.11 Å². The highest BCUT2D eigenvalue weighted by Gasteiger charge is 2.12. The van der Waals surface area contributed by atoms with E-state index >= 15 is 0 Å². The molecular weight excluding hydrogens is 366 g/mol. The van der Waals surface area contributed by atoms with Gasteiger partial charge < -0.3 is 4.74 Å². The van der Waals surface area contributed by atoms with Crippen LogP contribution in [-0.4, -0.2) is 22.1 Å². The van der Waals surface area contributed by atoms with Crippen LogP contribution in [0.15, 0.2) is 53.9 Å². The van der Waals surface area contributed by atoms with Gasteiger partial charge in [0.05, 0.1) is 28.8 Å². The van der Waals surface area contributed by atoms with Crippen molar-refractivity contribution < 1.29 is 4.74 Å². The lowest BCUT2D eigenvalue weighted by Crippen LogP contribution is -1.97. The van der Waals surface area contributed by atoms with Crippen molar-refractivity contribution in [3.63, 3.8) is 0 Å². The van der Waals surface area contributed by atoms with Crippen molar-refractivity contribution in [2.24, 2.45) is 0 Å². The summed E-state index contributed by atoms with van der Waals surface area (Å²) in [5.74, 6) is 0.565. The van der Waals surface area contributed by atoms with Crippen LogP contribution in [-0.2, 0) is 12.8 Å². The molecular formula is C23H23N3OS. The van der Waals surface area contributed by atoms with Crippen LogP contribution in [0.25, 0.3) is 22.3 Å². The van der Waals surface area contributed by atoms with E-state index < -0.39 is 0 Å². The standard InChI is InChI=1S/C23H23N3OS/c1-16-24-19(15-28-16)11-4-3-8-17-9-7-10-18(14-17)22-23(27-2)26-21-13-6-5-12-20(21)25-22/h5-7,9-10,12-15H,3-4,8,11H2,1-2H3. The van der Waals surface area contributed by atoms with Crippen LogP contribution in [0.1, 0.15) is 29.1 Å². The van der Waals surface area contributed by atoms with Gasteiger partial charge in [-0.2, -0.15) is 0 Å². The highest BCUT2D eigenvalue weighted by molar-refractivity contribution is 7.09. The zero-order chi connectivity index (χ0) is 19.3. The molecule has 28 heavy (non-hydrogen) atoms. The van der Waals surface area contributed by atoms with E-state index in [1.54, 1.807) is 18.4 Å². The first-order valence-electron chi connectivity index (χ1n) is 9.54. The normalized spacial score (nSPS) is 11.1. The van der Waals surface area contributed by atoms with Gasteiger partial charge in [0.1, 0.15) is 5.69 Å². The number of aromatic nitrogens is 3. The van der Waals surface area contributed by atoms with Gasteiger partial charge in [-0.1, -0.05) is 30.3 Å². The Morgan fingerprint density at radius 2 is 1.68 bits per heavy atom. The highest BCUT2D eigenvalue weighted by atomic mass is 32.1. The number of nitrogens with zero attached hydrogens (tertiary/aromatic N) is 3. The summed E-state index contributed by atoms with van der Waals surface area (Å²) in [6.07, 6.45) is 4.38. The van der Waals surface area contributed by atoms with Crippen LogP contribution in [0.5, 0.6) is 5.88 Å². The topological polar surface area (TPSA) is 47.9 Å². The first-order valence-corrected chi connectivity index (χ1v) is 10.4. The average molecular weight is 390 g/mol. The summed E-state index contributed by atoms with van der Waals surface area (Å²) in [6, 6.07) is 16.4. The van der Waals surface area contributed by atoms with Crippen molar-refractivity contribution in [2.45, 2.75) is 32.6 Å². The molecule has 4 aromatic rings. The van der Waals surface area contributed by atoms with Gasteiger partial charge in [0.15, 0.2) is 0 Å². The van der Waals surface area contributed by atoms with E-state index in [4.69, 9.17) is 9.72 Å². The number of aryl methyl sites for hydroxylation is 3. The number of methoxy groups -OCH3 is 1. The molecule has 0 radical (unpaired) electrons. The minimum Gasteiger partial charge on any atom is -0.479 e. The Balaban J connectivity index is 1.49. The molecule has 5 heteroatoms. The molecule has 0 atom stereocenters. The summed E-state index contributed by atoms with van der Waals surface area (Å²) in [5, 5.41) is 3.31. The predicted molar refractivity (Wildman–Crippen MR) is 115 cm³/mol. The Labute approximate surface area is 169 Å². The molecule has 4 nitrogen and oxygen atoms in total. The summed E-state index contributed by atoms with van der Waals surface area (Å²) in [4.78, 5) is 14.0. The summed E-state index contributed by atoms with van der Waals surface area (Å²) in [6.45, 7) is 2.06. The molecule has 0 amide bonds. The van der Waals surface area contributed by atoms with Gasteiger partial charge in [-0.15, -0.1) is 11.3 Å². The molecule has 2 heterocycles. The van der Waals surface area contributed by atoms with E-state index in [9.17, 15) is 0 Å². The largest absolute Gasteiger partial charge is 0.479 e. The molecule has 142 valence electrons. The van der Waals surface area contributed by atoms with Crippen molar-refractivity contribution in [3.8, 4) is 17.1 Å². The monoisotopic (exact) mass is 389 g/mol. The molecule has 0 spiro atoms. The Bertz CT molecular complexity index is 1090. The second kappa shape index (κ2) is 8.48. The molecule has 0 aliphatic rings. The van der Waals surface area contributed by atoms with Crippen molar-refractivity contribution in [3.05, 3.63) is 70.2 Å². The van der Waals surface area contributed by atoms with Gasteiger partial charge >= 0.3 is 0 Å². The molecule has 0 aliphatic heterocycles. The van der Waals surface area contributed by atoms with Gasteiger partial charge in [0, 0.05) is 10.9 Å². The lowest BCUT2D eigenvalue weighted by atomic mass is 10.0. The lowest BCUT2D eigenvalue weighted by molar-refractivity contribution is 0.400. The van der Waals surface area contributed by atoms with Gasteiger partial charge in [-0.3, -0.25) is 0 Å². The Hall–Kier alpha value is -2.79. The quantitative estimate of drug-likeness (QED) is 0.384. The maximum Gasteiger partial charge on any atom is 0.240 e. The molecule has 0 saturated carbocycles. The Morgan fingerprint density at radius 1 is 0.893 bits per heavy atom. The molecule has 0 unspecified atom stereocenters. The number of ether oxygens (including phenoxy) is 1. The van der Waals surface area contributed by atoms with Crippen LogP contribution in [0, 0.1) is 6.92 Å². The molecule has 0 fully saturated rings. The lowest BCUT2D eigenvalue weighted by Gasteiger charge is -2.10. The second-order valence-electron chi connectivity index (χ2n) is 6.84. The number of thiazole rings is 1. The molecule has 2 aromatic heterocycles. The fourth-order valence-corrected chi connectivity index (χ4v) is 3.99. The minimum atomic E-state index is 0.565. The van der Waals surface area contributed by atoms with E-state index in [1.807, 2.05) is 24.3 Å². The Kier molecular flexibility index (Phi) is 5.63. The number of fused-ring (bicyclic) bond motifs is 1. The van der Waals surface area contributed by atoms with E-state index in [1.165, 1.54) is 11.3 Å². The van der Waals surface area contributed by atoms with Crippen LogP contribution in [0.4, 0.5) is 0 Å². The van der Waals surface area contributed by atoms with Crippen molar-refractivity contribution in [1.29, 1.82) is 0 Å². The first-order chi connectivity index (χ1) is 13.7. The number of hydrogen-bond acceptors (Lipinski definition) is 5. The number of benzene rings is 2. The molecule has 2 aromatic carbocycles. The van der Waals surface area contributed by atoms with Gasteiger partial charge in [-0.05, 0) is 56.4 Å². The zero-order valence-corrected chi connectivity index (χ0v) is 17.0. The predicted octanol–water partition coefficient (Wildman–Crippen LogP) is 5.64. The van der Waals surface area contributed by atoms with Gasteiger partial charge in [0.2, 0.25) is 5.88 Å². The maximum atomic E-state index is 5.52. The van der Waals surface area contributed by atoms with Crippen molar-refractivity contribution in [1.82, 2.24) is 15.0 Å². The molecule has 4 rings (SSSR count). The minimum absolute atomic E-state index is 0.565. The third kappa shape index (κ3) is 4.20. The average Bonchev–Trinajstić information content (AvgIpc) is 3.15. The third-order valence-corrected chi connectivity index (χ3v) is 5.57. The molecule has 0 aliphatic carbocycles. The van der Waals surface area contributed by atoms with E-state index in [-0.39, 0.29) is 0 Å². The zero-order valence-electron chi connectivity index (χ0n) is 16.2. The Morgan fingerprint density at radius 3 is 2.43 bits per heavy atom. The van der Waals surface area contributed by atoms with Crippen LogP contribution >= 0.6 is 11.3 Å². The van der Waals surface area contributed by atoms with Crippen LogP contribution in [0.3, 0.4) is 0 Å². The van der Waals surface area contributed by atoms with Crippen LogP contribution < -0.4 is 4.74 Å². The first kappa shape index (κ1) is 18.6. The fraction of sp³-hybridized carbons (Fsp3) is 0.261. The molecule has 0 saturated heterocycles. The van der Waals surface area contributed by atoms with Gasteiger partial charge in [-0.25, -0.2) is 15.0 Å². The van der Waals surface area contributed by atoms with E-state index in [0.29, 0.717) is 5.88 Å². The SMILES string of the molecule is COc1nc2ccccc2nc1-c1cccc(CCCCc2csc(C)n2)c1. The summed E-state index contributed by atoms with van der Waals surface area (Å²) in [5.41, 5.74) is 6.08. The smallest absolute Gasteiger partial charge is 0.240 e. The number of para-hydroxylation sites is 2. The number of rotatable bonds is 7. The van der Waals surface area contributed by atoms with Gasteiger partial charge in [0.25, 0.3) is 0 Å². The molecule has 0 bridgehead atoms. The van der Waals surface area contributed by atoms with E-state index in [0.717, 1.165) is 53.0 Å². The van der Waals surface area contributed by atoms with Crippen LogP contribution in [0.2, 0.25) is 0 Å². The fourth-order valence-electron chi connectivity index (χ4n) is 3.35. The van der Waals surface area contributed by atoms with E-state index in [2.05, 4.69) is 46.5 Å². The number of unbranched alkanes of at least 4 members (excludes halogenated alkanes) is 1. The summed E-state index contributed by atoms with van der Waals surface area (Å²) < 4.78 is 5.52. The second-order valence-corrected chi connectivity index (χ2v) is 7.90. The third-order valence-electron chi connectivity index (χ3n) is 4.75. The van der Waals surface area contributed by atoms with Crippen molar-refractivity contribution >= 4 is 22.4 Å². The highest BCUT2D eigenvalue weighted by Crippen LogP contribution is 2.29. The molecule has 0 N–H and O–H groups in total. The summed E-state index contributed by atoms with van der Waals surface area (Å²) >= 11 is 1.73.